The summed E-state index contributed by atoms with van der Waals surface area (Å²) in [7, 11) is 0. The predicted octanol–water partition coefficient (Wildman–Crippen LogP) is 0.865. The molecule has 1 aliphatic carbocycles. The lowest BCUT2D eigenvalue weighted by molar-refractivity contribution is -0.121. The van der Waals surface area contributed by atoms with Gasteiger partial charge in [-0.1, -0.05) is 17.8 Å². The maximum atomic E-state index is 13.4. The number of rotatable bonds is 9. The van der Waals surface area contributed by atoms with E-state index < -0.39 is 0 Å². The van der Waals surface area contributed by atoms with Crippen LogP contribution in [-0.4, -0.2) is 57.8 Å². The highest BCUT2D eigenvalue weighted by Crippen LogP contribution is 2.35. The van der Waals surface area contributed by atoms with E-state index in [9.17, 15) is 14.4 Å². The molecule has 0 fully saturated rings. The lowest BCUT2D eigenvalue weighted by Gasteiger charge is -2.28. The Morgan fingerprint density at radius 3 is 3.07 bits per heavy atom. The first-order valence-corrected chi connectivity index (χ1v) is 9.67. The highest BCUT2D eigenvalue weighted by molar-refractivity contribution is 7.99. The number of aliphatic hydroxyl groups excluding tert-OH is 1. The van der Waals surface area contributed by atoms with Crippen LogP contribution in [0.3, 0.4) is 0 Å². The molecule has 0 saturated carbocycles. The number of fused-ring (bicyclic) bond motifs is 1. The van der Waals surface area contributed by atoms with Gasteiger partial charge in [-0.3, -0.25) is 20.5 Å². The molecule has 4 N–H and O–H groups in total. The Balaban J connectivity index is 1.57. The van der Waals surface area contributed by atoms with Gasteiger partial charge >= 0.3 is 0 Å². The van der Waals surface area contributed by atoms with Gasteiger partial charge in [-0.2, -0.15) is 0 Å². The SMILES string of the molecule is O=C(CCO)NCCSc1nonc1C(=NC[C@H]1Cc2ccc(F)cc21)NO. The number of amides is 1. The molecule has 1 aliphatic rings. The van der Waals surface area contributed by atoms with Crippen molar-refractivity contribution >= 4 is 23.5 Å². The Kier molecular flexibility index (Phi) is 6.95. The zero-order chi connectivity index (χ0) is 19.9. The van der Waals surface area contributed by atoms with Crippen LogP contribution in [0.25, 0.3) is 0 Å². The first-order valence-electron chi connectivity index (χ1n) is 8.68. The number of aliphatic hydroxyl groups is 1. The van der Waals surface area contributed by atoms with Gasteiger partial charge in [0.1, 0.15) is 5.82 Å². The second-order valence-electron chi connectivity index (χ2n) is 6.14. The van der Waals surface area contributed by atoms with Gasteiger partial charge in [0, 0.05) is 31.2 Å². The Morgan fingerprint density at radius 1 is 1.43 bits per heavy atom. The van der Waals surface area contributed by atoms with Gasteiger partial charge in [-0.15, -0.1) is 0 Å². The lowest BCUT2D eigenvalue weighted by atomic mass is 9.77. The summed E-state index contributed by atoms with van der Waals surface area (Å²) in [4.78, 5) is 15.6. The van der Waals surface area contributed by atoms with Crippen molar-refractivity contribution in [3.05, 3.63) is 40.8 Å². The minimum Gasteiger partial charge on any atom is -0.396 e. The summed E-state index contributed by atoms with van der Waals surface area (Å²) in [5.74, 6) is 0.160. The summed E-state index contributed by atoms with van der Waals surface area (Å²) in [5, 5.41) is 28.7. The molecule has 0 spiro atoms. The van der Waals surface area contributed by atoms with E-state index >= 15 is 0 Å². The van der Waals surface area contributed by atoms with Crippen molar-refractivity contribution in [1.82, 2.24) is 21.1 Å². The first-order chi connectivity index (χ1) is 13.6. The zero-order valence-electron chi connectivity index (χ0n) is 14.9. The van der Waals surface area contributed by atoms with Crippen LogP contribution in [0, 0.1) is 5.82 Å². The molecular weight excluding hydrogens is 389 g/mol. The molecule has 1 aromatic carbocycles. The van der Waals surface area contributed by atoms with Crippen molar-refractivity contribution in [2.75, 3.05) is 25.4 Å². The number of carbonyl (C=O) groups is 1. The molecule has 1 amide bonds. The molecule has 3 rings (SSSR count). The topological polar surface area (TPSA) is 133 Å². The molecule has 0 unspecified atom stereocenters. The number of hydroxylamine groups is 1. The number of nitrogens with one attached hydrogen (secondary N) is 2. The van der Waals surface area contributed by atoms with Crippen LogP contribution < -0.4 is 10.8 Å². The van der Waals surface area contributed by atoms with Crippen molar-refractivity contribution in [2.24, 2.45) is 4.99 Å². The summed E-state index contributed by atoms with van der Waals surface area (Å²) < 4.78 is 18.1. The Labute approximate surface area is 164 Å². The molecule has 2 aromatic rings. The maximum Gasteiger partial charge on any atom is 0.222 e. The Bertz CT molecular complexity index is 860. The first kappa shape index (κ1) is 20.2. The second-order valence-corrected chi connectivity index (χ2v) is 7.22. The predicted molar refractivity (Wildman–Crippen MR) is 98.9 cm³/mol. The number of carbonyl (C=O) groups excluding carboxylic acids is 1. The normalized spacial score (nSPS) is 15.7. The van der Waals surface area contributed by atoms with Crippen LogP contribution in [0.2, 0.25) is 0 Å². The molecule has 0 aliphatic heterocycles. The minimum atomic E-state index is -0.279. The van der Waals surface area contributed by atoms with Gasteiger partial charge in [-0.25, -0.2) is 9.02 Å². The van der Waals surface area contributed by atoms with E-state index in [1.54, 1.807) is 6.07 Å². The van der Waals surface area contributed by atoms with Crippen molar-refractivity contribution in [2.45, 2.75) is 23.8 Å². The molecule has 0 bridgehead atoms. The fourth-order valence-electron chi connectivity index (χ4n) is 2.85. The Hall–Kier alpha value is -2.50. The number of hydrogen-bond acceptors (Lipinski definition) is 8. The molecule has 150 valence electrons. The average molecular weight is 409 g/mol. The van der Waals surface area contributed by atoms with Gasteiger partial charge in [0.2, 0.25) is 5.91 Å². The van der Waals surface area contributed by atoms with E-state index in [2.05, 4.69) is 20.6 Å². The van der Waals surface area contributed by atoms with E-state index in [-0.39, 0.29) is 42.2 Å². The highest BCUT2D eigenvalue weighted by atomic mass is 32.2. The summed E-state index contributed by atoms with van der Waals surface area (Å²) in [5.41, 5.74) is 4.29. The third-order valence-electron chi connectivity index (χ3n) is 4.27. The van der Waals surface area contributed by atoms with Crippen molar-refractivity contribution in [3.8, 4) is 0 Å². The molecule has 0 saturated heterocycles. The standard InChI is InChI=1S/C17H20FN5O4S/c18-12-2-1-10-7-11(13(10)8-12)9-20-16(21-26)15-17(23-27-22-15)28-6-4-19-14(25)3-5-24/h1-2,8,11,24,26H,3-7,9H2,(H,19,25)(H,20,21)/t11-/m1/s1. The molecule has 9 nitrogen and oxygen atoms in total. The van der Waals surface area contributed by atoms with Crippen LogP contribution >= 0.6 is 11.8 Å². The zero-order valence-corrected chi connectivity index (χ0v) is 15.7. The van der Waals surface area contributed by atoms with Gasteiger partial charge in [0.05, 0.1) is 6.61 Å². The Morgan fingerprint density at radius 2 is 2.29 bits per heavy atom. The number of nitrogens with zero attached hydrogens (tertiary/aromatic N) is 3. The van der Waals surface area contributed by atoms with E-state index in [1.165, 1.54) is 23.9 Å². The van der Waals surface area contributed by atoms with E-state index in [0.29, 0.717) is 23.9 Å². The molecule has 11 heteroatoms. The summed E-state index contributed by atoms with van der Waals surface area (Å²) in [6.07, 6.45) is 0.852. The van der Waals surface area contributed by atoms with Crippen molar-refractivity contribution < 1.29 is 24.1 Å². The number of aliphatic imine (C=N–C) groups is 1. The lowest BCUT2D eigenvalue weighted by Crippen LogP contribution is -2.26. The second kappa shape index (κ2) is 9.62. The third kappa shape index (κ3) is 4.86. The van der Waals surface area contributed by atoms with Crippen LogP contribution in [0.4, 0.5) is 4.39 Å². The fraction of sp³-hybridized carbons (Fsp3) is 0.412. The number of halogens is 1. The average Bonchev–Trinajstić information content (AvgIpc) is 3.13. The summed E-state index contributed by atoms with van der Waals surface area (Å²) in [6, 6.07) is 4.72. The molecule has 1 heterocycles. The minimum absolute atomic E-state index is 0.0564. The van der Waals surface area contributed by atoms with Gasteiger partial charge in [0.15, 0.2) is 16.6 Å². The van der Waals surface area contributed by atoms with Crippen molar-refractivity contribution in [3.63, 3.8) is 0 Å². The third-order valence-corrected chi connectivity index (χ3v) is 5.22. The van der Waals surface area contributed by atoms with E-state index in [4.69, 9.17) is 9.74 Å². The van der Waals surface area contributed by atoms with Gasteiger partial charge in [-0.05, 0) is 40.0 Å². The fourth-order valence-corrected chi connectivity index (χ4v) is 3.61. The van der Waals surface area contributed by atoms with E-state index in [0.717, 1.165) is 17.5 Å². The number of benzene rings is 1. The molecule has 28 heavy (non-hydrogen) atoms. The van der Waals surface area contributed by atoms with Gasteiger partial charge < -0.3 is 10.4 Å². The monoisotopic (exact) mass is 409 g/mol. The van der Waals surface area contributed by atoms with E-state index in [1.807, 2.05) is 5.48 Å². The molecule has 1 aromatic heterocycles. The number of thioether (sulfide) groups is 1. The highest BCUT2D eigenvalue weighted by Gasteiger charge is 2.27. The smallest absolute Gasteiger partial charge is 0.222 e. The molecule has 1 atom stereocenters. The van der Waals surface area contributed by atoms with Crippen LogP contribution in [-0.2, 0) is 11.2 Å². The number of hydrogen-bond donors (Lipinski definition) is 4. The van der Waals surface area contributed by atoms with Crippen LogP contribution in [0.15, 0.2) is 32.8 Å². The number of aromatic nitrogens is 2. The largest absolute Gasteiger partial charge is 0.396 e. The maximum absolute atomic E-state index is 13.4. The van der Waals surface area contributed by atoms with Crippen molar-refractivity contribution in [1.29, 1.82) is 0 Å². The van der Waals surface area contributed by atoms with Crippen LogP contribution in [0.5, 0.6) is 0 Å². The van der Waals surface area contributed by atoms with Crippen LogP contribution in [0.1, 0.15) is 29.2 Å². The number of amidine groups is 1. The molecular formula is C17H20FN5O4S. The summed E-state index contributed by atoms with van der Waals surface area (Å²) >= 11 is 1.28. The van der Waals surface area contributed by atoms with Gasteiger partial charge in [0.25, 0.3) is 0 Å². The summed E-state index contributed by atoms with van der Waals surface area (Å²) in [6.45, 7) is 0.531. The molecule has 0 radical (unpaired) electrons. The quantitative estimate of drug-likeness (QED) is 0.158.